The smallest absolute Gasteiger partial charge is 0.408 e. The number of carbonyl (C=O) groups excluding carboxylic acids is 4. The van der Waals surface area contributed by atoms with Crippen molar-refractivity contribution in [1.82, 2.24) is 19.9 Å². The molecule has 12 nitrogen and oxygen atoms in total. The van der Waals surface area contributed by atoms with Crippen molar-refractivity contribution in [3.8, 4) is 5.75 Å². The van der Waals surface area contributed by atoms with Crippen molar-refractivity contribution < 1.29 is 37.1 Å². The number of nitrogens with zero attached hydrogens (tertiary/aromatic N) is 2. The minimum atomic E-state index is -3.93. The van der Waals surface area contributed by atoms with Crippen molar-refractivity contribution in [2.24, 2.45) is 17.3 Å². The zero-order chi connectivity index (χ0) is 38.0. The summed E-state index contributed by atoms with van der Waals surface area (Å²) in [6.07, 6.45) is 11.0. The second kappa shape index (κ2) is 13.6. The zero-order valence-electron chi connectivity index (χ0n) is 31.5. The molecule has 13 heteroatoms. The lowest BCUT2D eigenvalue weighted by atomic mass is 9.85. The lowest BCUT2D eigenvalue weighted by Gasteiger charge is -2.36. The van der Waals surface area contributed by atoms with Gasteiger partial charge in [-0.2, -0.15) is 0 Å². The minimum absolute atomic E-state index is 0.120. The summed E-state index contributed by atoms with van der Waals surface area (Å²) >= 11 is 0. The number of rotatable bonds is 6. The fourth-order valence-electron chi connectivity index (χ4n) is 8.99. The fourth-order valence-corrected chi connectivity index (χ4v) is 10.3. The Morgan fingerprint density at radius 3 is 2.59 bits per heavy atom. The normalized spacial score (nSPS) is 31.8. The molecule has 290 valence electrons. The lowest BCUT2D eigenvalue weighted by Crippen LogP contribution is -2.53. The van der Waals surface area contributed by atoms with Gasteiger partial charge in [0.1, 0.15) is 23.5 Å². The maximum Gasteiger partial charge on any atom is 0.408 e. The Morgan fingerprint density at radius 1 is 1.06 bits per heavy atom. The largest absolute Gasteiger partial charge is 0.483 e. The molecule has 4 heterocycles. The van der Waals surface area contributed by atoms with Crippen LogP contribution in [0, 0.1) is 24.2 Å². The monoisotopic (exact) mass is 760 g/mol. The van der Waals surface area contributed by atoms with Crippen LogP contribution in [-0.2, 0) is 35.6 Å². The van der Waals surface area contributed by atoms with Gasteiger partial charge in [-0.25, -0.2) is 18.2 Å². The summed E-state index contributed by atoms with van der Waals surface area (Å²) in [4.78, 5) is 63.1. The van der Waals surface area contributed by atoms with E-state index in [9.17, 15) is 27.6 Å². The molecule has 0 radical (unpaired) electrons. The summed E-state index contributed by atoms with van der Waals surface area (Å²) in [7, 11) is -3.93. The average molecular weight is 761 g/mol. The van der Waals surface area contributed by atoms with Gasteiger partial charge in [-0.3, -0.25) is 19.1 Å². The summed E-state index contributed by atoms with van der Waals surface area (Å²) in [5, 5.41) is 3.87. The number of Topliss-reactive ketones (excluding diaryl/α,β-unsaturated/α-hetero) is 1. The molecule has 2 N–H and O–H groups in total. The first-order chi connectivity index (χ1) is 25.7. The number of pyridine rings is 1. The number of hydrogen-bond donors (Lipinski definition) is 2. The van der Waals surface area contributed by atoms with Crippen LogP contribution < -0.4 is 14.8 Å². The van der Waals surface area contributed by atoms with Gasteiger partial charge in [-0.15, -0.1) is 0 Å². The predicted octanol–water partition coefficient (Wildman–Crippen LogP) is 5.59. The summed E-state index contributed by atoms with van der Waals surface area (Å²) in [6.45, 7) is 5.52. The summed E-state index contributed by atoms with van der Waals surface area (Å²) < 4.78 is 40.4. The Hall–Kier alpha value is -4.00. The van der Waals surface area contributed by atoms with Crippen molar-refractivity contribution in [3.05, 3.63) is 47.7 Å². The van der Waals surface area contributed by atoms with Crippen LogP contribution in [0.2, 0.25) is 0 Å². The highest BCUT2D eigenvalue weighted by Gasteiger charge is 2.63. The Labute approximate surface area is 317 Å². The number of hydrogen-bond acceptors (Lipinski definition) is 9. The molecule has 1 spiro atoms. The maximum absolute atomic E-state index is 14.8. The van der Waals surface area contributed by atoms with Gasteiger partial charge in [-0.05, 0) is 103 Å². The summed E-state index contributed by atoms with van der Waals surface area (Å²) in [5.41, 5.74) is 0.509. The van der Waals surface area contributed by atoms with E-state index in [1.165, 1.54) is 0 Å². The Kier molecular flexibility index (Phi) is 9.33. The van der Waals surface area contributed by atoms with E-state index in [2.05, 4.69) is 10.0 Å². The van der Waals surface area contributed by atoms with Gasteiger partial charge in [0.2, 0.25) is 21.8 Å². The van der Waals surface area contributed by atoms with Crippen LogP contribution in [0.5, 0.6) is 5.75 Å². The van der Waals surface area contributed by atoms with Crippen LogP contribution in [0.25, 0.3) is 10.9 Å². The van der Waals surface area contributed by atoms with Gasteiger partial charge < -0.3 is 19.7 Å². The van der Waals surface area contributed by atoms with Crippen molar-refractivity contribution in [2.75, 3.05) is 6.54 Å². The molecule has 3 aliphatic carbocycles. The highest BCUT2D eigenvalue weighted by molar-refractivity contribution is 7.91. The number of allylic oxidation sites excluding steroid dienone is 2. The van der Waals surface area contributed by atoms with E-state index in [0.29, 0.717) is 56.6 Å². The van der Waals surface area contributed by atoms with E-state index in [-0.39, 0.29) is 43.1 Å². The third kappa shape index (κ3) is 6.90. The van der Waals surface area contributed by atoms with E-state index < -0.39 is 49.9 Å². The molecule has 6 atom stereocenters. The van der Waals surface area contributed by atoms with Crippen LogP contribution in [0.15, 0.2) is 36.4 Å². The molecule has 1 unspecified atom stereocenters. The number of aromatic nitrogens is 1. The highest BCUT2D eigenvalue weighted by atomic mass is 32.2. The third-order valence-electron chi connectivity index (χ3n) is 13.1. The van der Waals surface area contributed by atoms with Crippen LogP contribution in [-0.4, -0.2) is 77.1 Å². The van der Waals surface area contributed by atoms with Crippen molar-refractivity contribution in [3.63, 3.8) is 0 Å². The van der Waals surface area contributed by atoms with E-state index in [4.69, 9.17) is 14.5 Å². The van der Waals surface area contributed by atoms with Gasteiger partial charge >= 0.3 is 6.09 Å². The molecular formula is C41H52N4O8S. The topological polar surface area (TPSA) is 161 Å². The molecule has 3 aliphatic heterocycles. The van der Waals surface area contributed by atoms with Crippen molar-refractivity contribution in [1.29, 1.82) is 0 Å². The van der Waals surface area contributed by atoms with Crippen LogP contribution in [0.1, 0.15) is 109 Å². The lowest BCUT2D eigenvalue weighted by molar-refractivity contribution is -0.140. The number of para-hydroxylation sites is 1. The standard InChI is InChI=1S/C41H52N4O8S/c1-25-35-30(29-12-9-10-13-31(29)42-25)17-18-40(53-35)22-33-34(46)23-41(37(48)44-54(50,51)39(3)19-20-39)21-28(41)11-7-5-4-6-8-14-32(36(47)45(33)24-40)43-38(49)52-26(2)27-15-16-27/h7,9-13,26-28,32-33H,4-6,8,14-24H2,1-3H3,(H,43,49)(H,44,48)/b11-7-/t26?,28-,32+,33+,40-,41-/m1/s1. The third-order valence-corrected chi connectivity index (χ3v) is 15.3. The molecular weight excluding hydrogens is 709 g/mol. The number of alkyl carbamates (subject to hydrolysis) is 1. The van der Waals surface area contributed by atoms with E-state index in [1.54, 1.807) is 11.8 Å². The molecule has 4 fully saturated rings. The number of sulfonamides is 1. The SMILES string of the molecule is Cc1nc2ccccc2c2c1O[C@]1(CC2)C[C@H]2C(=O)C[C@]3(C(=O)NS(=O)(=O)C4(C)CC4)C[C@H]3/C=C\CCCCC[C@H](NC(=O)OC(C)C3CC3)C(=O)N2C1. The first-order valence-electron chi connectivity index (χ1n) is 19.8. The zero-order valence-corrected chi connectivity index (χ0v) is 32.3. The Balaban J connectivity index is 1.12. The highest BCUT2D eigenvalue weighted by Crippen LogP contribution is 2.58. The molecule has 54 heavy (non-hydrogen) atoms. The van der Waals surface area contributed by atoms with Crippen LogP contribution in [0.4, 0.5) is 4.79 Å². The first-order valence-corrected chi connectivity index (χ1v) is 21.3. The van der Waals surface area contributed by atoms with Gasteiger partial charge in [0.05, 0.1) is 34.0 Å². The average Bonchev–Trinajstić information content (AvgIpc) is 4.06. The van der Waals surface area contributed by atoms with Gasteiger partial charge in [0.15, 0.2) is 5.78 Å². The van der Waals surface area contributed by atoms with Crippen molar-refractivity contribution in [2.45, 2.75) is 139 Å². The molecule has 3 saturated carbocycles. The Bertz CT molecular complexity index is 2030. The molecule has 3 amide bonds. The number of ether oxygens (including phenoxy) is 2. The second-order valence-electron chi connectivity index (χ2n) is 17.2. The van der Waals surface area contributed by atoms with Crippen molar-refractivity contribution >= 4 is 44.6 Å². The molecule has 6 aliphatic rings. The Morgan fingerprint density at radius 2 is 1.83 bits per heavy atom. The molecule has 2 aromatic rings. The van der Waals surface area contributed by atoms with E-state index in [0.717, 1.165) is 54.3 Å². The molecule has 8 rings (SSSR count). The number of carbonyl (C=O) groups is 4. The predicted molar refractivity (Wildman–Crippen MR) is 201 cm³/mol. The molecule has 0 bridgehead atoms. The van der Waals surface area contributed by atoms with E-state index in [1.807, 2.05) is 50.3 Å². The molecule has 1 aromatic carbocycles. The number of ketones is 1. The van der Waals surface area contributed by atoms with Crippen LogP contribution >= 0.6 is 0 Å². The minimum Gasteiger partial charge on any atom is -0.483 e. The fraction of sp³-hybridized carbons (Fsp3) is 0.634. The van der Waals surface area contributed by atoms with Gasteiger partial charge in [-0.1, -0.05) is 43.2 Å². The molecule has 1 aromatic heterocycles. The quantitative estimate of drug-likeness (QED) is 0.358. The number of amides is 3. The molecule has 1 saturated heterocycles. The van der Waals surface area contributed by atoms with Gasteiger partial charge in [0.25, 0.3) is 0 Å². The maximum atomic E-state index is 14.8. The van der Waals surface area contributed by atoms with Gasteiger partial charge in [0, 0.05) is 23.8 Å². The number of fused-ring (bicyclic) bond motifs is 5. The summed E-state index contributed by atoms with van der Waals surface area (Å²) in [5.74, 6) is -0.665. The first kappa shape index (κ1) is 36.9. The summed E-state index contributed by atoms with van der Waals surface area (Å²) in [6, 6.07) is 6.06. The number of nitrogens with one attached hydrogen (secondary N) is 2. The second-order valence-corrected chi connectivity index (χ2v) is 19.4. The van der Waals surface area contributed by atoms with Crippen LogP contribution in [0.3, 0.4) is 0 Å². The van der Waals surface area contributed by atoms with E-state index >= 15 is 0 Å². The number of aryl methyl sites for hydroxylation is 2. The number of benzene rings is 1.